The van der Waals surface area contributed by atoms with Crippen LogP contribution >= 0.6 is 0 Å². The van der Waals surface area contributed by atoms with Crippen LogP contribution in [0.15, 0.2) is 24.4 Å². The Balaban J connectivity index is 1.92. The van der Waals surface area contributed by atoms with Gasteiger partial charge in [-0.1, -0.05) is 0 Å². The molecular weight excluding hydrogens is 228 g/mol. The van der Waals surface area contributed by atoms with Crippen LogP contribution in [-0.4, -0.2) is 33.4 Å². The predicted molar refractivity (Wildman–Crippen MR) is 65.8 cm³/mol. The van der Waals surface area contributed by atoms with E-state index in [2.05, 4.69) is 9.97 Å². The lowest BCUT2D eigenvalue weighted by Gasteiger charge is -2.18. The lowest BCUT2D eigenvalue weighted by molar-refractivity contribution is 0.0759. The van der Waals surface area contributed by atoms with Crippen molar-refractivity contribution in [1.29, 1.82) is 5.26 Å². The number of nitrogens with one attached hydrogen (secondary N) is 1. The summed E-state index contributed by atoms with van der Waals surface area (Å²) in [5.74, 6) is -0.157. The van der Waals surface area contributed by atoms with Gasteiger partial charge in [0.1, 0.15) is 17.9 Å². The van der Waals surface area contributed by atoms with E-state index in [1.807, 2.05) is 18.2 Å². The summed E-state index contributed by atoms with van der Waals surface area (Å²) in [7, 11) is 0. The van der Waals surface area contributed by atoms with Crippen LogP contribution in [0.1, 0.15) is 23.3 Å². The SMILES string of the molecule is N#CCN(C(=O)c1ccc2cc[nH]c2n1)C1CC1. The molecule has 2 aromatic heterocycles. The van der Waals surface area contributed by atoms with Gasteiger partial charge in [-0.3, -0.25) is 4.79 Å². The molecule has 1 fully saturated rings. The van der Waals surface area contributed by atoms with Gasteiger partial charge in [-0.25, -0.2) is 4.98 Å². The second-order valence-corrected chi connectivity index (χ2v) is 4.43. The number of aromatic amines is 1. The Labute approximate surface area is 104 Å². The molecule has 0 unspecified atom stereocenters. The third kappa shape index (κ3) is 1.82. The Bertz CT molecular complexity index is 636. The highest BCUT2D eigenvalue weighted by Crippen LogP contribution is 2.27. The van der Waals surface area contributed by atoms with Gasteiger partial charge in [0.2, 0.25) is 0 Å². The Morgan fingerprint density at radius 2 is 2.33 bits per heavy atom. The van der Waals surface area contributed by atoms with Crippen LogP contribution in [0.2, 0.25) is 0 Å². The fraction of sp³-hybridized carbons (Fsp3) is 0.308. The minimum Gasteiger partial charge on any atom is -0.346 e. The van der Waals surface area contributed by atoms with E-state index >= 15 is 0 Å². The largest absolute Gasteiger partial charge is 0.346 e. The van der Waals surface area contributed by atoms with Crippen LogP contribution in [-0.2, 0) is 0 Å². The van der Waals surface area contributed by atoms with Crippen molar-refractivity contribution in [2.75, 3.05) is 6.54 Å². The van der Waals surface area contributed by atoms with Crippen LogP contribution in [0.3, 0.4) is 0 Å². The molecule has 0 atom stereocenters. The number of hydrogen-bond acceptors (Lipinski definition) is 3. The van der Waals surface area contributed by atoms with E-state index in [1.165, 1.54) is 0 Å². The van der Waals surface area contributed by atoms with Crippen molar-refractivity contribution in [2.24, 2.45) is 0 Å². The first-order valence-corrected chi connectivity index (χ1v) is 5.91. The molecule has 3 rings (SSSR count). The van der Waals surface area contributed by atoms with E-state index in [1.54, 1.807) is 17.2 Å². The van der Waals surface area contributed by atoms with Crippen LogP contribution in [0.25, 0.3) is 11.0 Å². The van der Waals surface area contributed by atoms with E-state index in [4.69, 9.17) is 5.26 Å². The first-order valence-electron chi connectivity index (χ1n) is 5.91. The second kappa shape index (κ2) is 4.15. The number of carbonyl (C=O) groups is 1. The zero-order valence-electron chi connectivity index (χ0n) is 9.76. The minimum absolute atomic E-state index is 0.133. The first-order chi connectivity index (χ1) is 8.79. The van der Waals surface area contributed by atoms with Crippen molar-refractivity contribution >= 4 is 16.9 Å². The predicted octanol–water partition coefficient (Wildman–Crippen LogP) is 1.69. The zero-order chi connectivity index (χ0) is 12.5. The molecule has 5 nitrogen and oxygen atoms in total. The fourth-order valence-corrected chi connectivity index (χ4v) is 2.03. The van der Waals surface area contributed by atoms with E-state index in [0.717, 1.165) is 18.2 Å². The van der Waals surface area contributed by atoms with Gasteiger partial charge in [-0.2, -0.15) is 5.26 Å². The highest BCUT2D eigenvalue weighted by atomic mass is 16.2. The van der Waals surface area contributed by atoms with Gasteiger partial charge >= 0.3 is 0 Å². The average Bonchev–Trinajstić information content (AvgIpc) is 3.12. The molecule has 0 radical (unpaired) electrons. The number of amides is 1. The van der Waals surface area contributed by atoms with Crippen molar-refractivity contribution in [1.82, 2.24) is 14.9 Å². The third-order valence-corrected chi connectivity index (χ3v) is 3.12. The number of rotatable bonds is 3. The molecule has 1 N–H and O–H groups in total. The summed E-state index contributed by atoms with van der Waals surface area (Å²) in [4.78, 5) is 21.2. The van der Waals surface area contributed by atoms with E-state index in [-0.39, 0.29) is 18.5 Å². The normalized spacial score (nSPS) is 14.4. The van der Waals surface area contributed by atoms with Gasteiger partial charge in [0.15, 0.2) is 0 Å². The Kier molecular flexibility index (Phi) is 2.49. The van der Waals surface area contributed by atoms with Gasteiger partial charge in [0, 0.05) is 17.6 Å². The molecular formula is C13H12N4O. The minimum atomic E-state index is -0.157. The highest BCUT2D eigenvalue weighted by Gasteiger charge is 2.33. The third-order valence-electron chi connectivity index (χ3n) is 3.12. The molecule has 1 aliphatic carbocycles. The summed E-state index contributed by atoms with van der Waals surface area (Å²) in [5.41, 5.74) is 1.10. The molecule has 0 aromatic carbocycles. The van der Waals surface area contributed by atoms with Crippen LogP contribution in [0, 0.1) is 11.3 Å². The van der Waals surface area contributed by atoms with Crippen molar-refractivity contribution in [3.63, 3.8) is 0 Å². The molecule has 0 bridgehead atoms. The van der Waals surface area contributed by atoms with E-state index in [9.17, 15) is 4.79 Å². The van der Waals surface area contributed by atoms with Crippen molar-refractivity contribution in [3.8, 4) is 6.07 Å². The maximum Gasteiger partial charge on any atom is 0.273 e. The van der Waals surface area contributed by atoms with Crippen molar-refractivity contribution in [3.05, 3.63) is 30.1 Å². The Morgan fingerprint density at radius 1 is 1.50 bits per heavy atom. The average molecular weight is 240 g/mol. The second-order valence-electron chi connectivity index (χ2n) is 4.43. The summed E-state index contributed by atoms with van der Waals surface area (Å²) in [6.07, 6.45) is 3.76. The molecule has 1 aliphatic rings. The number of H-pyrrole nitrogens is 1. The Morgan fingerprint density at radius 3 is 3.06 bits per heavy atom. The Hall–Kier alpha value is -2.35. The lowest BCUT2D eigenvalue weighted by Crippen LogP contribution is -2.34. The number of hydrogen-bond donors (Lipinski definition) is 1. The quantitative estimate of drug-likeness (QED) is 0.830. The summed E-state index contributed by atoms with van der Waals surface area (Å²) < 4.78 is 0. The number of aromatic nitrogens is 2. The van der Waals surface area contributed by atoms with Crippen molar-refractivity contribution < 1.29 is 4.79 Å². The van der Waals surface area contributed by atoms with Gasteiger partial charge in [-0.15, -0.1) is 0 Å². The molecule has 2 heterocycles. The van der Waals surface area contributed by atoms with E-state index < -0.39 is 0 Å². The van der Waals surface area contributed by atoms with Crippen LogP contribution < -0.4 is 0 Å². The number of nitriles is 1. The maximum atomic E-state index is 12.3. The molecule has 18 heavy (non-hydrogen) atoms. The van der Waals surface area contributed by atoms with Gasteiger partial charge < -0.3 is 9.88 Å². The number of carbonyl (C=O) groups excluding carboxylic acids is 1. The van der Waals surface area contributed by atoms with Gasteiger partial charge in [-0.05, 0) is 31.0 Å². The number of pyridine rings is 1. The molecule has 5 heteroatoms. The molecule has 1 saturated carbocycles. The summed E-state index contributed by atoms with van der Waals surface area (Å²) in [5, 5.41) is 9.75. The molecule has 1 amide bonds. The molecule has 0 saturated heterocycles. The van der Waals surface area contributed by atoms with Crippen LogP contribution in [0.5, 0.6) is 0 Å². The topological polar surface area (TPSA) is 72.8 Å². The molecule has 0 spiro atoms. The molecule has 90 valence electrons. The first kappa shape index (κ1) is 10.8. The summed E-state index contributed by atoms with van der Waals surface area (Å²) in [6, 6.07) is 7.75. The van der Waals surface area contributed by atoms with Gasteiger partial charge in [0.25, 0.3) is 5.91 Å². The van der Waals surface area contributed by atoms with Crippen molar-refractivity contribution in [2.45, 2.75) is 18.9 Å². The number of fused-ring (bicyclic) bond motifs is 1. The monoisotopic (exact) mass is 240 g/mol. The number of nitrogens with zero attached hydrogens (tertiary/aromatic N) is 3. The summed E-state index contributed by atoms with van der Waals surface area (Å²) in [6.45, 7) is 0.133. The standard InChI is InChI=1S/C13H12N4O/c14-6-8-17(10-2-3-10)13(18)11-4-1-9-5-7-15-12(9)16-11/h1,4-5,7,10H,2-3,8H2,(H,15,16). The maximum absolute atomic E-state index is 12.3. The lowest BCUT2D eigenvalue weighted by atomic mass is 10.2. The van der Waals surface area contributed by atoms with Gasteiger partial charge in [0.05, 0.1) is 6.07 Å². The molecule has 2 aromatic rings. The van der Waals surface area contributed by atoms with E-state index in [0.29, 0.717) is 11.3 Å². The summed E-state index contributed by atoms with van der Waals surface area (Å²) >= 11 is 0. The molecule has 0 aliphatic heterocycles. The van der Waals surface area contributed by atoms with Crippen LogP contribution in [0.4, 0.5) is 0 Å². The highest BCUT2D eigenvalue weighted by molar-refractivity contribution is 5.95. The smallest absolute Gasteiger partial charge is 0.273 e. The zero-order valence-corrected chi connectivity index (χ0v) is 9.76. The fourth-order valence-electron chi connectivity index (χ4n) is 2.03.